The summed E-state index contributed by atoms with van der Waals surface area (Å²) in [5, 5.41) is 11.4. The van der Waals surface area contributed by atoms with Gasteiger partial charge >= 0.3 is 6.03 Å². The van der Waals surface area contributed by atoms with Gasteiger partial charge in [0.15, 0.2) is 9.84 Å². The molecular weight excluding hydrogens is 662 g/mol. The third kappa shape index (κ3) is 8.82. The van der Waals surface area contributed by atoms with E-state index in [1.165, 1.54) is 4.90 Å². The number of sulfone groups is 1. The molecule has 0 spiro atoms. The van der Waals surface area contributed by atoms with Gasteiger partial charge < -0.3 is 30.9 Å². The molecule has 5 amide bonds. The molecule has 5 rings (SSSR count). The minimum Gasteiger partial charge on any atom is -0.379 e. The van der Waals surface area contributed by atoms with Crippen molar-refractivity contribution >= 4 is 39.4 Å². The fourth-order valence-electron chi connectivity index (χ4n) is 8.19. The summed E-state index contributed by atoms with van der Waals surface area (Å²) in [7, 11) is -3.57. The Morgan fingerprint density at radius 2 is 1.56 bits per heavy atom. The Hall–Kier alpha value is -2.74. The van der Waals surface area contributed by atoms with Gasteiger partial charge in [-0.1, -0.05) is 58.8 Å². The molecule has 0 bridgehead atoms. The molecule has 5 fully saturated rings. The SMILES string of the molecule is CC1(C)[C@@H]2[C@H]3C(=O)N[C@H](C(=O)C(=O)NC4CC4)CCCCCCCOC[C@H](NC(=O)NC4(CS(=O)(=O)C(C)(C)C)CCCCC4)C(=O)N3C[C@@H]21. The number of hydrogen-bond donors (Lipinski definition) is 4. The summed E-state index contributed by atoms with van der Waals surface area (Å²) in [5.41, 5.74) is -1.17. The van der Waals surface area contributed by atoms with Crippen molar-refractivity contribution in [1.82, 2.24) is 26.2 Å². The Balaban J connectivity index is 1.36. The number of nitrogens with one attached hydrogen (secondary N) is 4. The van der Waals surface area contributed by atoms with Gasteiger partial charge in [-0.2, -0.15) is 0 Å². The summed E-state index contributed by atoms with van der Waals surface area (Å²) in [4.78, 5) is 69.8. The van der Waals surface area contributed by atoms with Crippen LogP contribution in [0, 0.1) is 17.3 Å². The van der Waals surface area contributed by atoms with Gasteiger partial charge in [0.1, 0.15) is 12.1 Å². The minimum atomic E-state index is -3.57. The Labute approximate surface area is 297 Å². The van der Waals surface area contributed by atoms with Crippen LogP contribution in [0.1, 0.15) is 118 Å². The lowest BCUT2D eigenvalue weighted by Gasteiger charge is -2.40. The molecule has 13 nitrogen and oxygen atoms in total. The number of hydrogen-bond acceptors (Lipinski definition) is 8. The van der Waals surface area contributed by atoms with E-state index in [0.717, 1.165) is 57.8 Å². The number of fused-ring (bicyclic) bond motifs is 3. The van der Waals surface area contributed by atoms with E-state index in [1.54, 1.807) is 20.8 Å². The summed E-state index contributed by atoms with van der Waals surface area (Å²) >= 11 is 0. The summed E-state index contributed by atoms with van der Waals surface area (Å²) < 4.78 is 31.6. The molecular formula is C36H59N5O8S. The summed E-state index contributed by atoms with van der Waals surface area (Å²) in [6, 6.07) is -3.65. The van der Waals surface area contributed by atoms with Crippen molar-refractivity contribution in [3.8, 4) is 0 Å². The first-order chi connectivity index (χ1) is 23.5. The average molecular weight is 722 g/mol. The van der Waals surface area contributed by atoms with E-state index in [2.05, 4.69) is 35.1 Å². The number of nitrogens with zero attached hydrogens (tertiary/aromatic N) is 1. The zero-order chi connectivity index (χ0) is 36.5. The highest BCUT2D eigenvalue weighted by Gasteiger charge is 2.69. The summed E-state index contributed by atoms with van der Waals surface area (Å²) in [5.74, 6) is -2.58. The van der Waals surface area contributed by atoms with E-state index in [9.17, 15) is 32.4 Å². The van der Waals surface area contributed by atoms with Gasteiger partial charge in [0, 0.05) is 19.2 Å². The summed E-state index contributed by atoms with van der Waals surface area (Å²) in [6.07, 6.45) is 9.49. The van der Waals surface area contributed by atoms with Crippen LogP contribution in [-0.2, 0) is 33.8 Å². The van der Waals surface area contributed by atoms with Crippen LogP contribution in [-0.4, -0.2) is 103 Å². The van der Waals surface area contributed by atoms with Gasteiger partial charge in [-0.3, -0.25) is 19.2 Å². The largest absolute Gasteiger partial charge is 0.379 e. The van der Waals surface area contributed by atoms with Crippen LogP contribution in [0.5, 0.6) is 0 Å². The fourth-order valence-corrected chi connectivity index (χ4v) is 9.71. The van der Waals surface area contributed by atoms with Crippen LogP contribution >= 0.6 is 0 Å². The van der Waals surface area contributed by atoms with E-state index in [-0.39, 0.29) is 35.7 Å². The molecule has 2 heterocycles. The number of rotatable bonds is 7. The number of carbonyl (C=O) groups excluding carboxylic acids is 5. The minimum absolute atomic E-state index is 0.00375. The molecule has 0 unspecified atom stereocenters. The Bertz CT molecular complexity index is 1420. The lowest BCUT2D eigenvalue weighted by Crippen LogP contribution is -2.62. The summed E-state index contributed by atoms with van der Waals surface area (Å²) in [6.45, 7) is 9.67. The smallest absolute Gasteiger partial charge is 0.315 e. The second kappa shape index (κ2) is 15.1. The molecule has 282 valence electrons. The first-order valence-corrected chi connectivity index (χ1v) is 20.5. The topological polar surface area (TPSA) is 180 Å². The number of amides is 5. The van der Waals surface area contributed by atoms with Crippen LogP contribution in [0.25, 0.3) is 0 Å². The number of urea groups is 1. The van der Waals surface area contributed by atoms with E-state index in [1.807, 2.05) is 0 Å². The molecule has 5 aliphatic rings. The lowest BCUT2D eigenvalue weighted by molar-refractivity contribution is -0.144. The highest BCUT2D eigenvalue weighted by Crippen LogP contribution is 2.65. The molecule has 2 saturated heterocycles. The molecule has 3 aliphatic carbocycles. The molecule has 2 aliphatic heterocycles. The Morgan fingerprint density at radius 3 is 2.22 bits per heavy atom. The van der Waals surface area contributed by atoms with Gasteiger partial charge in [-0.25, -0.2) is 13.2 Å². The van der Waals surface area contributed by atoms with Crippen LogP contribution in [0.15, 0.2) is 0 Å². The third-order valence-corrected chi connectivity index (χ3v) is 14.6. The maximum Gasteiger partial charge on any atom is 0.315 e. The molecule has 50 heavy (non-hydrogen) atoms. The zero-order valence-electron chi connectivity index (χ0n) is 30.6. The van der Waals surface area contributed by atoms with Crippen molar-refractivity contribution < 1.29 is 37.1 Å². The lowest BCUT2D eigenvalue weighted by atomic mass is 9.83. The fraction of sp³-hybridized carbons (Fsp3) is 0.861. The molecule has 0 radical (unpaired) electrons. The van der Waals surface area contributed by atoms with Gasteiger partial charge in [0.05, 0.1) is 28.7 Å². The normalized spacial score (nSPS) is 30.7. The highest BCUT2D eigenvalue weighted by atomic mass is 32.2. The van der Waals surface area contributed by atoms with Gasteiger partial charge in [-0.05, 0) is 76.5 Å². The second-order valence-corrected chi connectivity index (χ2v) is 19.8. The molecule has 3 saturated carbocycles. The van der Waals surface area contributed by atoms with Crippen molar-refractivity contribution in [3.63, 3.8) is 0 Å². The van der Waals surface area contributed by atoms with Crippen molar-refractivity contribution in [2.75, 3.05) is 25.5 Å². The van der Waals surface area contributed by atoms with Gasteiger partial charge in [-0.15, -0.1) is 0 Å². The molecule has 0 aromatic carbocycles. The number of Topliss-reactive ketones (excluding diaryl/α,β-unsaturated/α-hetero) is 1. The Kier molecular flexibility index (Phi) is 11.6. The van der Waals surface area contributed by atoms with Crippen LogP contribution < -0.4 is 21.3 Å². The first-order valence-electron chi connectivity index (χ1n) is 18.8. The maximum atomic E-state index is 14.4. The van der Waals surface area contributed by atoms with Gasteiger partial charge in [0.2, 0.25) is 17.6 Å². The molecule has 0 aromatic heterocycles. The van der Waals surface area contributed by atoms with Crippen LogP contribution in [0.2, 0.25) is 0 Å². The number of carbonyl (C=O) groups is 5. The van der Waals surface area contributed by atoms with E-state index < -0.39 is 67.8 Å². The number of ether oxygens (including phenoxy) is 1. The standard InChI is InChI=1S/C36H59N5O8S/c1-34(2,3)50(47,48)22-36(17-11-9-12-18-36)40-33(46)39-26-21-49-19-13-8-6-7-10-14-25(29(42)31(44)37-23-15-16-23)38-30(43)28-27-24(35(27,4)5)20-41(28)32(26)45/h23-28H,6-22H2,1-5H3,(H,37,44)(H,38,43)(H2,39,40,46)/t24-,25-,26-,27-,28-/m0/s1. The first kappa shape index (κ1) is 38.5. The monoisotopic (exact) mass is 721 g/mol. The molecule has 14 heteroatoms. The Morgan fingerprint density at radius 1 is 0.920 bits per heavy atom. The van der Waals surface area contributed by atoms with Crippen molar-refractivity contribution in [2.45, 2.75) is 153 Å². The highest BCUT2D eigenvalue weighted by molar-refractivity contribution is 7.92. The average Bonchev–Trinajstić information content (AvgIpc) is 3.88. The van der Waals surface area contributed by atoms with Crippen molar-refractivity contribution in [2.24, 2.45) is 17.3 Å². The van der Waals surface area contributed by atoms with Crippen LogP contribution in [0.4, 0.5) is 4.79 Å². The number of ketones is 1. The van der Waals surface area contributed by atoms with Crippen molar-refractivity contribution in [3.05, 3.63) is 0 Å². The predicted octanol–water partition coefficient (Wildman–Crippen LogP) is 2.76. The molecule has 4 N–H and O–H groups in total. The number of piperidine rings is 1. The zero-order valence-corrected chi connectivity index (χ0v) is 31.4. The van der Waals surface area contributed by atoms with E-state index in [4.69, 9.17) is 4.74 Å². The predicted molar refractivity (Wildman–Crippen MR) is 188 cm³/mol. The second-order valence-electron chi connectivity index (χ2n) is 17.1. The van der Waals surface area contributed by atoms with E-state index >= 15 is 0 Å². The molecule has 5 atom stereocenters. The van der Waals surface area contributed by atoms with E-state index in [0.29, 0.717) is 38.8 Å². The quantitative estimate of drug-likeness (QED) is 0.290. The van der Waals surface area contributed by atoms with Gasteiger partial charge in [0.25, 0.3) is 5.91 Å². The van der Waals surface area contributed by atoms with Crippen LogP contribution in [0.3, 0.4) is 0 Å². The van der Waals surface area contributed by atoms with Crippen molar-refractivity contribution in [1.29, 1.82) is 0 Å². The maximum absolute atomic E-state index is 14.4. The third-order valence-electron chi connectivity index (χ3n) is 11.8. The molecule has 0 aromatic rings.